The number of nitrogens with one attached hydrogen (secondary N) is 1. The average molecular weight is 356 g/mol. The minimum Gasteiger partial charge on any atom is -0.394 e. The summed E-state index contributed by atoms with van der Waals surface area (Å²) in [6.07, 6.45) is -3.94. The zero-order valence-electron chi connectivity index (χ0n) is 13.0. The van der Waals surface area contributed by atoms with Crippen LogP contribution >= 0.6 is 0 Å². The summed E-state index contributed by atoms with van der Waals surface area (Å²) in [5.74, 6) is -0.0130. The smallest absolute Gasteiger partial charge is 0.394 e. The molecule has 1 aromatic heterocycles. The van der Waals surface area contributed by atoms with Gasteiger partial charge in [-0.25, -0.2) is 0 Å². The average Bonchev–Trinajstić information content (AvgIpc) is 3.03. The van der Waals surface area contributed by atoms with Gasteiger partial charge in [0.05, 0.1) is 37.0 Å². The number of amides is 1. The Morgan fingerprint density at radius 2 is 2.04 bits per heavy atom. The van der Waals surface area contributed by atoms with Gasteiger partial charge in [0.2, 0.25) is 0 Å². The molecule has 0 fully saturated rings. The molecule has 0 radical (unpaired) electrons. The van der Waals surface area contributed by atoms with Crippen LogP contribution in [0.5, 0.6) is 0 Å². The highest BCUT2D eigenvalue weighted by molar-refractivity contribution is 5.94. The molecule has 0 saturated heterocycles. The van der Waals surface area contributed by atoms with Crippen LogP contribution in [0, 0.1) is 0 Å². The molecule has 6 nitrogen and oxygen atoms in total. The maximum atomic E-state index is 12.6. The van der Waals surface area contributed by atoms with E-state index >= 15 is 0 Å². The van der Waals surface area contributed by atoms with Gasteiger partial charge < -0.3 is 19.7 Å². The summed E-state index contributed by atoms with van der Waals surface area (Å²) < 4.78 is 48.2. The summed E-state index contributed by atoms with van der Waals surface area (Å²) in [6.45, 7) is 0.202. The molecule has 0 spiro atoms. The van der Waals surface area contributed by atoms with Crippen LogP contribution in [0.3, 0.4) is 0 Å². The van der Waals surface area contributed by atoms with Crippen molar-refractivity contribution in [3.05, 3.63) is 52.4 Å². The van der Waals surface area contributed by atoms with Gasteiger partial charge in [0, 0.05) is 6.42 Å². The van der Waals surface area contributed by atoms with Gasteiger partial charge >= 0.3 is 6.18 Å². The fraction of sp³-hybridized carbons (Fsp3) is 0.375. The molecule has 2 heterocycles. The van der Waals surface area contributed by atoms with Crippen LogP contribution in [0.15, 0.2) is 28.8 Å². The summed E-state index contributed by atoms with van der Waals surface area (Å²) in [5.41, 5.74) is 0.146. The maximum absolute atomic E-state index is 12.6. The largest absolute Gasteiger partial charge is 0.416 e. The van der Waals surface area contributed by atoms with Crippen molar-refractivity contribution in [3.63, 3.8) is 0 Å². The van der Waals surface area contributed by atoms with Gasteiger partial charge in [-0.15, -0.1) is 0 Å². The molecule has 1 aromatic carbocycles. The molecule has 1 aliphatic heterocycles. The molecule has 1 unspecified atom stereocenters. The monoisotopic (exact) mass is 356 g/mol. The van der Waals surface area contributed by atoms with Gasteiger partial charge in [-0.2, -0.15) is 13.2 Å². The summed E-state index contributed by atoms with van der Waals surface area (Å²) in [5, 5.41) is 15.8. The lowest BCUT2D eigenvalue weighted by Gasteiger charge is -2.17. The van der Waals surface area contributed by atoms with E-state index in [0.29, 0.717) is 29.9 Å². The fourth-order valence-corrected chi connectivity index (χ4v) is 2.57. The number of aliphatic hydroxyl groups is 1. The molecule has 1 amide bonds. The van der Waals surface area contributed by atoms with E-state index in [4.69, 9.17) is 9.26 Å². The van der Waals surface area contributed by atoms with Gasteiger partial charge in [0.1, 0.15) is 5.76 Å². The van der Waals surface area contributed by atoms with Crippen molar-refractivity contribution in [1.82, 2.24) is 10.5 Å². The van der Waals surface area contributed by atoms with Crippen LogP contribution in [0.2, 0.25) is 0 Å². The van der Waals surface area contributed by atoms with E-state index in [2.05, 4.69) is 10.5 Å². The fourth-order valence-electron chi connectivity index (χ4n) is 2.57. The Bertz CT molecular complexity index is 756. The summed E-state index contributed by atoms with van der Waals surface area (Å²) in [6, 6.07) is 3.36. The summed E-state index contributed by atoms with van der Waals surface area (Å²) in [7, 11) is 0. The molecule has 0 bridgehead atoms. The van der Waals surface area contributed by atoms with E-state index in [9.17, 15) is 23.1 Å². The van der Waals surface area contributed by atoms with Crippen LogP contribution in [-0.2, 0) is 23.9 Å². The number of halogens is 3. The van der Waals surface area contributed by atoms with Crippen LogP contribution in [0.25, 0.3) is 0 Å². The molecule has 0 aliphatic carbocycles. The predicted molar refractivity (Wildman–Crippen MR) is 78.6 cm³/mol. The number of hydrogen-bond acceptors (Lipinski definition) is 5. The van der Waals surface area contributed by atoms with Gasteiger partial charge in [0.15, 0.2) is 5.69 Å². The molecule has 9 heteroatoms. The van der Waals surface area contributed by atoms with Crippen LogP contribution in [-0.4, -0.2) is 29.4 Å². The van der Waals surface area contributed by atoms with E-state index in [1.54, 1.807) is 0 Å². The lowest BCUT2D eigenvalue weighted by molar-refractivity contribution is -0.137. The van der Waals surface area contributed by atoms with Gasteiger partial charge in [-0.3, -0.25) is 4.79 Å². The zero-order chi connectivity index (χ0) is 18.0. The van der Waals surface area contributed by atoms with E-state index in [1.165, 1.54) is 12.1 Å². The SMILES string of the molecule is O=C(NC(CO)c1ccc(C(F)(F)F)cc1)c1noc2c1COCC2. The molecule has 1 atom stereocenters. The van der Waals surface area contributed by atoms with Crippen molar-refractivity contribution in [2.24, 2.45) is 0 Å². The van der Waals surface area contributed by atoms with Crippen molar-refractivity contribution >= 4 is 5.91 Å². The summed E-state index contributed by atoms with van der Waals surface area (Å²) in [4.78, 5) is 12.4. The first-order valence-electron chi connectivity index (χ1n) is 7.54. The first-order valence-corrected chi connectivity index (χ1v) is 7.54. The quantitative estimate of drug-likeness (QED) is 0.878. The van der Waals surface area contributed by atoms with Gasteiger partial charge in [-0.05, 0) is 17.7 Å². The van der Waals surface area contributed by atoms with Crippen LogP contribution < -0.4 is 5.32 Å². The number of carbonyl (C=O) groups excluding carboxylic acids is 1. The Kier molecular flexibility index (Phi) is 4.78. The molecular weight excluding hydrogens is 341 g/mol. The van der Waals surface area contributed by atoms with E-state index < -0.39 is 30.3 Å². The number of carbonyl (C=O) groups is 1. The minimum absolute atomic E-state index is 0.0556. The summed E-state index contributed by atoms with van der Waals surface area (Å²) >= 11 is 0. The molecule has 2 aromatic rings. The number of fused-ring (bicyclic) bond motifs is 1. The predicted octanol–water partition coefficient (Wildman–Crippen LogP) is 2.23. The van der Waals surface area contributed by atoms with Crippen molar-refractivity contribution < 1.29 is 32.3 Å². The standard InChI is InChI=1S/C16H15F3N2O4/c17-16(18,19)10-3-1-9(2-4-10)12(7-22)20-15(23)14-11-8-24-6-5-13(11)25-21-14/h1-4,12,22H,5-8H2,(H,20,23). The normalized spacial score (nSPS) is 15.5. The number of ether oxygens (including phenoxy) is 1. The molecule has 2 N–H and O–H groups in total. The number of nitrogens with zero attached hydrogens (tertiary/aromatic N) is 1. The molecule has 25 heavy (non-hydrogen) atoms. The van der Waals surface area contributed by atoms with E-state index in [1.807, 2.05) is 0 Å². The first kappa shape index (κ1) is 17.4. The molecular formula is C16H15F3N2O4. The van der Waals surface area contributed by atoms with Crippen molar-refractivity contribution in [2.75, 3.05) is 13.2 Å². The van der Waals surface area contributed by atoms with Crippen molar-refractivity contribution in [2.45, 2.75) is 25.2 Å². The lowest BCUT2D eigenvalue weighted by atomic mass is 10.0. The molecule has 0 saturated carbocycles. The Morgan fingerprint density at radius 3 is 2.68 bits per heavy atom. The number of hydrogen-bond donors (Lipinski definition) is 2. The highest BCUT2D eigenvalue weighted by Gasteiger charge is 2.31. The van der Waals surface area contributed by atoms with Gasteiger partial charge in [0.25, 0.3) is 5.91 Å². The second-order valence-corrected chi connectivity index (χ2v) is 5.56. The van der Waals surface area contributed by atoms with Crippen molar-refractivity contribution in [1.29, 1.82) is 0 Å². The van der Waals surface area contributed by atoms with Crippen LogP contribution in [0.4, 0.5) is 13.2 Å². The minimum atomic E-state index is -4.45. The Hall–Kier alpha value is -2.39. The third-order valence-electron chi connectivity index (χ3n) is 3.93. The third-order valence-corrected chi connectivity index (χ3v) is 3.93. The first-order chi connectivity index (χ1) is 11.9. The van der Waals surface area contributed by atoms with Gasteiger partial charge in [-0.1, -0.05) is 17.3 Å². The molecule has 134 valence electrons. The highest BCUT2D eigenvalue weighted by atomic mass is 19.4. The Morgan fingerprint density at radius 1 is 1.32 bits per heavy atom. The van der Waals surface area contributed by atoms with E-state index in [0.717, 1.165) is 12.1 Å². The molecule has 3 rings (SSSR count). The number of rotatable bonds is 4. The van der Waals surface area contributed by atoms with Crippen molar-refractivity contribution in [3.8, 4) is 0 Å². The van der Waals surface area contributed by atoms with Crippen LogP contribution in [0.1, 0.15) is 39.0 Å². The number of aliphatic hydroxyl groups excluding tert-OH is 1. The molecule has 1 aliphatic rings. The second-order valence-electron chi connectivity index (χ2n) is 5.56. The lowest BCUT2D eigenvalue weighted by Crippen LogP contribution is -2.32. The Balaban J connectivity index is 1.76. The second kappa shape index (κ2) is 6.85. The number of aromatic nitrogens is 1. The number of benzene rings is 1. The highest BCUT2D eigenvalue weighted by Crippen LogP contribution is 2.30. The maximum Gasteiger partial charge on any atom is 0.416 e. The zero-order valence-corrected chi connectivity index (χ0v) is 13.0. The van der Waals surface area contributed by atoms with E-state index in [-0.39, 0.29) is 12.3 Å². The third kappa shape index (κ3) is 3.67. The Labute approximate surface area is 140 Å². The topological polar surface area (TPSA) is 84.6 Å². The number of alkyl halides is 3.